The first-order valence-corrected chi connectivity index (χ1v) is 40.3. The maximum Gasteiger partial charge on any atom is 0.252 e. The second-order valence-corrected chi connectivity index (χ2v) is 39.0. The van der Waals surface area contributed by atoms with Gasteiger partial charge in [-0.05, 0) is 191 Å². The van der Waals surface area contributed by atoms with Crippen LogP contribution in [0, 0.1) is 0 Å². The van der Waals surface area contributed by atoms with Crippen LogP contribution in [0.3, 0.4) is 0 Å². The van der Waals surface area contributed by atoms with Gasteiger partial charge in [-0.3, -0.25) is 0 Å². The molecule has 18 aromatic rings. The lowest BCUT2D eigenvalue weighted by molar-refractivity contribution is 0.590. The predicted molar refractivity (Wildman–Crippen MR) is 476 cm³/mol. The van der Waals surface area contributed by atoms with Crippen molar-refractivity contribution in [3.63, 3.8) is 0 Å². The second-order valence-electron chi connectivity index (χ2n) is 37.9. The molecule has 0 N–H and O–H groups in total. The number of para-hydroxylation sites is 1. The van der Waals surface area contributed by atoms with E-state index in [1.54, 1.807) is 0 Å². The van der Waals surface area contributed by atoms with Gasteiger partial charge >= 0.3 is 0 Å². The van der Waals surface area contributed by atoms with Crippen LogP contribution in [-0.2, 0) is 32.5 Å². The van der Waals surface area contributed by atoms with Gasteiger partial charge in [0.2, 0.25) is 0 Å². The van der Waals surface area contributed by atoms with E-state index in [0.717, 1.165) is 73.1 Å². The van der Waals surface area contributed by atoms with E-state index >= 15 is 0 Å². The molecule has 0 saturated heterocycles. The number of rotatable bonds is 5. The van der Waals surface area contributed by atoms with Crippen molar-refractivity contribution in [2.75, 3.05) is 9.80 Å². The second kappa shape index (κ2) is 23.3. The molecular weight excluding hydrogens is 1350 g/mol. The standard InChI is InChI=1S/C102H94BN5OS/c1-97(2,3)59-27-37-70-71-38-28-60(98(4,5)6)48-83(71)104(82(70)47-59)65-35-45-80-88(53-65)106(67-33-43-77-76-23-19-21-25-92(76)109-93(77)57-67)90-55-69(108-86-51-63(101(13,14)15)31-41-74(86)75-42-32-64(52-87(75)108)102(16,17)18)56-91-96(90)103(80)81-46-36-66(54-89(81)107(91)68-34-44-79-78-24-20-22-26-94(78)110-95(79)58-68)105-84-49-61(99(7,8)9)29-39-72(84)73-40-30-62(50-85(73)105)100(10,11)12/h19-58H,1-18H3. The van der Waals surface area contributed by atoms with E-state index in [4.69, 9.17) is 4.42 Å². The highest BCUT2D eigenvalue weighted by Crippen LogP contribution is 2.52. The lowest BCUT2D eigenvalue weighted by Crippen LogP contribution is -2.61. The number of furan rings is 1. The molecule has 20 rings (SSSR count). The Morgan fingerprint density at radius 1 is 0.245 bits per heavy atom. The first-order chi connectivity index (χ1) is 52.3. The summed E-state index contributed by atoms with van der Waals surface area (Å²) in [5.41, 5.74) is 29.6. The Morgan fingerprint density at radius 3 is 0.955 bits per heavy atom. The van der Waals surface area contributed by atoms with Crippen LogP contribution in [0.2, 0.25) is 0 Å². The highest BCUT2D eigenvalue weighted by atomic mass is 32.1. The molecule has 0 aliphatic carbocycles. The van der Waals surface area contributed by atoms with Gasteiger partial charge in [-0.1, -0.05) is 252 Å². The molecule has 0 atom stereocenters. The average molecular weight is 1450 g/mol. The Hall–Kier alpha value is -11.1. The molecule has 6 nitrogen and oxygen atoms in total. The summed E-state index contributed by atoms with van der Waals surface area (Å²) in [7, 11) is 0. The van der Waals surface area contributed by atoms with Crippen LogP contribution in [0.1, 0.15) is 158 Å². The molecule has 0 bridgehead atoms. The SMILES string of the molecule is CC(C)(C)c1ccc2c3ccc(C(C)(C)C)cc3n(-c3ccc4c(c3)N(c3ccc5c(c3)oc3ccccc35)c3cc(-n5c6cc(C(C)(C)C)ccc6c6ccc(C(C)(C)C)cc65)cc5c3B4c3ccc(-n4c6cc(C(C)(C)C)ccc6c6ccc(C(C)(C)C)cc64)cc3N5c3ccc4c(c3)sc3ccccc34)c2c1. The number of anilines is 6. The number of fused-ring (bicyclic) bond motifs is 19. The molecule has 0 spiro atoms. The maximum atomic E-state index is 7.02. The van der Waals surface area contributed by atoms with Crippen LogP contribution in [0.5, 0.6) is 0 Å². The fourth-order valence-corrected chi connectivity index (χ4v) is 19.5. The molecule has 0 radical (unpaired) electrons. The van der Waals surface area contributed by atoms with Crippen LogP contribution in [0.4, 0.5) is 34.1 Å². The molecule has 0 unspecified atom stereocenters. The molecule has 110 heavy (non-hydrogen) atoms. The topological polar surface area (TPSA) is 34.4 Å². The number of hydrogen-bond donors (Lipinski definition) is 0. The molecule has 2 aliphatic heterocycles. The third kappa shape index (κ3) is 10.4. The molecule has 2 aliphatic rings. The summed E-state index contributed by atoms with van der Waals surface area (Å²) < 4.78 is 17.4. The van der Waals surface area contributed by atoms with E-state index in [9.17, 15) is 0 Å². The zero-order chi connectivity index (χ0) is 76.1. The van der Waals surface area contributed by atoms with Crippen molar-refractivity contribution in [1.29, 1.82) is 0 Å². The summed E-state index contributed by atoms with van der Waals surface area (Å²) in [5.74, 6) is 0. The molecule has 542 valence electrons. The van der Waals surface area contributed by atoms with Crippen LogP contribution in [0.15, 0.2) is 247 Å². The minimum atomic E-state index is -0.243. The smallest absolute Gasteiger partial charge is 0.252 e. The summed E-state index contributed by atoms with van der Waals surface area (Å²) in [6.07, 6.45) is 0. The molecule has 13 aromatic carbocycles. The number of hydrogen-bond acceptors (Lipinski definition) is 4. The number of nitrogens with zero attached hydrogens (tertiary/aromatic N) is 5. The quantitative estimate of drug-likeness (QED) is 0.161. The lowest BCUT2D eigenvalue weighted by Gasteiger charge is -2.44. The summed E-state index contributed by atoms with van der Waals surface area (Å²) in [4.78, 5) is 5.29. The zero-order valence-corrected chi connectivity index (χ0v) is 67.5. The van der Waals surface area contributed by atoms with Crippen molar-refractivity contribution < 1.29 is 4.42 Å². The number of aromatic nitrogens is 3. The van der Waals surface area contributed by atoms with E-state index in [2.05, 4.69) is 391 Å². The Balaban J connectivity index is 0.957. The van der Waals surface area contributed by atoms with Crippen LogP contribution in [-0.4, -0.2) is 20.4 Å². The average Bonchev–Trinajstić information content (AvgIpc) is 0.887. The van der Waals surface area contributed by atoms with Crippen molar-refractivity contribution in [3.8, 4) is 17.1 Å². The third-order valence-corrected chi connectivity index (χ3v) is 25.7. The minimum absolute atomic E-state index is 0.0890. The first-order valence-electron chi connectivity index (χ1n) is 39.5. The minimum Gasteiger partial charge on any atom is -0.456 e. The Bertz CT molecular complexity index is 6440. The Kier molecular flexibility index (Phi) is 14.4. The molecule has 5 aromatic heterocycles. The van der Waals surface area contributed by atoms with Crippen LogP contribution < -0.4 is 26.2 Å². The van der Waals surface area contributed by atoms with Gasteiger partial charge in [0.1, 0.15) is 11.2 Å². The van der Waals surface area contributed by atoms with Crippen molar-refractivity contribution in [3.05, 3.63) is 276 Å². The fraction of sp³-hybridized carbons (Fsp3) is 0.235. The molecule has 0 amide bonds. The third-order valence-electron chi connectivity index (χ3n) is 24.5. The Morgan fingerprint density at radius 2 is 0.555 bits per heavy atom. The van der Waals surface area contributed by atoms with E-state index < -0.39 is 0 Å². The van der Waals surface area contributed by atoms with Gasteiger partial charge in [0.05, 0.1) is 38.8 Å². The van der Waals surface area contributed by atoms with Gasteiger partial charge in [-0.15, -0.1) is 11.3 Å². The van der Waals surface area contributed by atoms with Gasteiger partial charge in [0.25, 0.3) is 6.71 Å². The van der Waals surface area contributed by atoms with Gasteiger partial charge in [-0.2, -0.15) is 0 Å². The largest absolute Gasteiger partial charge is 0.456 e. The van der Waals surface area contributed by atoms with Crippen molar-refractivity contribution in [2.45, 2.75) is 157 Å². The predicted octanol–water partition coefficient (Wildman–Crippen LogP) is 27.1. The van der Waals surface area contributed by atoms with E-state index in [0.29, 0.717) is 0 Å². The van der Waals surface area contributed by atoms with E-state index in [1.165, 1.54) is 135 Å². The van der Waals surface area contributed by atoms with Crippen molar-refractivity contribution in [1.82, 2.24) is 13.7 Å². The molecule has 0 saturated carbocycles. The first kappa shape index (κ1) is 68.2. The molecule has 0 fully saturated rings. The normalized spacial score (nSPS) is 13.9. The highest BCUT2D eigenvalue weighted by Gasteiger charge is 2.45. The van der Waals surface area contributed by atoms with Gasteiger partial charge in [-0.25, -0.2) is 0 Å². The van der Waals surface area contributed by atoms with Gasteiger partial charge in [0, 0.05) is 115 Å². The van der Waals surface area contributed by atoms with E-state index in [-0.39, 0.29) is 39.2 Å². The zero-order valence-electron chi connectivity index (χ0n) is 66.7. The highest BCUT2D eigenvalue weighted by molar-refractivity contribution is 7.25. The Labute approximate surface area is 649 Å². The van der Waals surface area contributed by atoms with Crippen LogP contribution >= 0.6 is 11.3 Å². The van der Waals surface area contributed by atoms with Gasteiger partial charge < -0.3 is 27.9 Å². The summed E-state index contributed by atoms with van der Waals surface area (Å²) >= 11 is 1.88. The van der Waals surface area contributed by atoms with Crippen molar-refractivity contribution >= 4 is 176 Å². The van der Waals surface area contributed by atoms with Gasteiger partial charge in [0.15, 0.2) is 0 Å². The molecule has 8 heteroatoms. The fourth-order valence-electron chi connectivity index (χ4n) is 18.3. The number of benzene rings is 13. The van der Waals surface area contributed by atoms with E-state index in [1.807, 2.05) is 11.3 Å². The maximum absolute atomic E-state index is 7.02. The lowest BCUT2D eigenvalue weighted by atomic mass is 9.33. The summed E-state index contributed by atoms with van der Waals surface area (Å²) in [6, 6.07) is 95.2. The van der Waals surface area contributed by atoms with Crippen molar-refractivity contribution in [2.24, 2.45) is 0 Å². The summed E-state index contributed by atoms with van der Waals surface area (Å²) in [5, 5.41) is 12.2. The van der Waals surface area contributed by atoms with Crippen LogP contribution in [0.25, 0.3) is 125 Å². The number of thiophene rings is 1. The monoisotopic (exact) mass is 1450 g/mol. The molecule has 7 heterocycles. The molecular formula is C102H94BN5OS. The summed E-state index contributed by atoms with van der Waals surface area (Å²) in [6.45, 7) is 41.9.